The van der Waals surface area contributed by atoms with Gasteiger partial charge < -0.3 is 9.84 Å². The molecule has 0 amide bonds. The molecule has 0 fully saturated rings. The Morgan fingerprint density at radius 2 is 1.53 bits per heavy atom. The zero-order valence-corrected chi connectivity index (χ0v) is 12.5. The minimum Gasteiger partial charge on any atom is -0.436 e. The van der Waals surface area contributed by atoms with Crippen LogP contribution < -0.4 is 0 Å². The summed E-state index contributed by atoms with van der Waals surface area (Å²) in [4.78, 5) is 12.2. The number of hydrogen-bond donors (Lipinski definition) is 1. The number of aliphatic hydroxyl groups is 1. The van der Waals surface area contributed by atoms with Gasteiger partial charge in [-0.1, -0.05) is 41.5 Å². The molecule has 0 aliphatic carbocycles. The molecule has 102 valence electrons. The molecule has 3 nitrogen and oxygen atoms in total. The summed E-state index contributed by atoms with van der Waals surface area (Å²) in [7, 11) is 0. The molecule has 0 aromatic heterocycles. The van der Waals surface area contributed by atoms with E-state index in [4.69, 9.17) is 4.74 Å². The summed E-state index contributed by atoms with van der Waals surface area (Å²) in [6.45, 7) is 15.8. The van der Waals surface area contributed by atoms with Crippen LogP contribution >= 0.6 is 0 Å². The van der Waals surface area contributed by atoms with Crippen molar-refractivity contribution in [1.29, 1.82) is 0 Å². The zero-order chi connectivity index (χ0) is 14.1. The van der Waals surface area contributed by atoms with Crippen LogP contribution in [0.25, 0.3) is 0 Å². The second-order valence-corrected chi connectivity index (χ2v) is 7.32. The molecule has 0 spiro atoms. The summed E-state index contributed by atoms with van der Waals surface area (Å²) in [6, 6.07) is 0. The second kappa shape index (κ2) is 4.97. The van der Waals surface area contributed by atoms with Crippen LogP contribution in [0.15, 0.2) is 0 Å². The Balaban J connectivity index is 5.20. The van der Waals surface area contributed by atoms with E-state index in [0.717, 1.165) is 6.42 Å². The molecule has 1 N–H and O–H groups in total. The standard InChI is InChI=1S/C14H28O3/c1-10(15)17-11(16)14(8,13(5,6)7)9-12(2,3)4/h10,15H,9H2,1-8H3. The first-order valence-electron chi connectivity index (χ1n) is 6.19. The molecule has 2 atom stereocenters. The van der Waals surface area contributed by atoms with Gasteiger partial charge in [-0.2, -0.15) is 0 Å². The minimum atomic E-state index is -1.05. The molecular formula is C14H28O3. The predicted molar refractivity (Wildman–Crippen MR) is 69.4 cm³/mol. The second-order valence-electron chi connectivity index (χ2n) is 7.32. The summed E-state index contributed by atoms with van der Waals surface area (Å²) < 4.78 is 5.00. The van der Waals surface area contributed by atoms with E-state index in [9.17, 15) is 9.90 Å². The molecular weight excluding hydrogens is 216 g/mol. The Kier molecular flexibility index (Phi) is 4.80. The van der Waals surface area contributed by atoms with E-state index in [1.807, 2.05) is 27.7 Å². The van der Waals surface area contributed by atoms with Crippen molar-refractivity contribution in [1.82, 2.24) is 0 Å². The summed E-state index contributed by atoms with van der Waals surface area (Å²) >= 11 is 0. The van der Waals surface area contributed by atoms with Crippen molar-refractivity contribution in [3.63, 3.8) is 0 Å². The van der Waals surface area contributed by atoms with Crippen LogP contribution in [0.4, 0.5) is 0 Å². The summed E-state index contributed by atoms with van der Waals surface area (Å²) in [5.74, 6) is -0.324. The van der Waals surface area contributed by atoms with Crippen molar-refractivity contribution >= 4 is 5.97 Å². The van der Waals surface area contributed by atoms with Gasteiger partial charge in [0.05, 0.1) is 5.41 Å². The number of carbonyl (C=O) groups is 1. The van der Waals surface area contributed by atoms with Gasteiger partial charge in [-0.3, -0.25) is 4.79 Å². The highest BCUT2D eigenvalue weighted by atomic mass is 16.6. The van der Waals surface area contributed by atoms with Gasteiger partial charge in [0.1, 0.15) is 0 Å². The molecule has 0 saturated heterocycles. The average Bonchev–Trinajstić information content (AvgIpc) is 1.96. The highest BCUT2D eigenvalue weighted by Crippen LogP contribution is 2.47. The van der Waals surface area contributed by atoms with E-state index in [-0.39, 0.29) is 16.8 Å². The smallest absolute Gasteiger partial charge is 0.314 e. The third-order valence-electron chi connectivity index (χ3n) is 3.27. The highest BCUT2D eigenvalue weighted by molar-refractivity contribution is 5.77. The van der Waals surface area contributed by atoms with Crippen LogP contribution in [0.2, 0.25) is 0 Å². The van der Waals surface area contributed by atoms with Crippen LogP contribution in [0, 0.1) is 16.2 Å². The summed E-state index contributed by atoms with van der Waals surface area (Å²) in [5, 5.41) is 9.21. The van der Waals surface area contributed by atoms with E-state index >= 15 is 0 Å². The summed E-state index contributed by atoms with van der Waals surface area (Å²) in [6.07, 6.45) is -0.334. The number of ether oxygens (including phenoxy) is 1. The van der Waals surface area contributed by atoms with Crippen LogP contribution in [0.1, 0.15) is 61.8 Å². The zero-order valence-electron chi connectivity index (χ0n) is 12.5. The van der Waals surface area contributed by atoms with Crippen LogP contribution in [-0.4, -0.2) is 17.4 Å². The Hall–Kier alpha value is -0.570. The molecule has 0 rings (SSSR count). The van der Waals surface area contributed by atoms with Crippen molar-refractivity contribution < 1.29 is 14.6 Å². The van der Waals surface area contributed by atoms with Gasteiger partial charge in [-0.25, -0.2) is 0 Å². The Morgan fingerprint density at radius 1 is 1.12 bits per heavy atom. The lowest BCUT2D eigenvalue weighted by Crippen LogP contribution is -2.45. The molecule has 0 aromatic carbocycles. The quantitative estimate of drug-likeness (QED) is 0.611. The number of carbonyl (C=O) groups excluding carboxylic acids is 1. The number of hydrogen-bond acceptors (Lipinski definition) is 3. The number of aliphatic hydroxyl groups excluding tert-OH is 1. The van der Waals surface area contributed by atoms with E-state index < -0.39 is 11.7 Å². The maximum absolute atomic E-state index is 12.2. The first kappa shape index (κ1) is 16.4. The largest absolute Gasteiger partial charge is 0.436 e. The number of esters is 1. The van der Waals surface area contributed by atoms with E-state index in [1.54, 1.807) is 0 Å². The van der Waals surface area contributed by atoms with Crippen molar-refractivity contribution in [2.75, 3.05) is 0 Å². The lowest BCUT2D eigenvalue weighted by molar-refractivity contribution is -0.185. The fourth-order valence-electron chi connectivity index (χ4n) is 1.99. The fourth-order valence-corrected chi connectivity index (χ4v) is 1.99. The first-order valence-corrected chi connectivity index (χ1v) is 6.19. The molecule has 0 aromatic rings. The topological polar surface area (TPSA) is 46.5 Å². The van der Waals surface area contributed by atoms with E-state index in [2.05, 4.69) is 20.8 Å². The van der Waals surface area contributed by atoms with Gasteiger partial charge in [0.15, 0.2) is 6.29 Å². The SMILES string of the molecule is CC(O)OC(=O)C(C)(CC(C)(C)C)C(C)(C)C. The maximum Gasteiger partial charge on any atom is 0.314 e. The predicted octanol–water partition coefficient (Wildman–Crippen LogP) is 3.36. The highest BCUT2D eigenvalue weighted by Gasteiger charge is 2.48. The van der Waals surface area contributed by atoms with Crippen LogP contribution in [0.3, 0.4) is 0 Å². The molecule has 17 heavy (non-hydrogen) atoms. The third kappa shape index (κ3) is 4.66. The van der Waals surface area contributed by atoms with Crippen molar-refractivity contribution in [2.45, 2.75) is 68.1 Å². The van der Waals surface area contributed by atoms with E-state index in [0.29, 0.717) is 0 Å². The molecule has 2 unspecified atom stereocenters. The monoisotopic (exact) mass is 244 g/mol. The third-order valence-corrected chi connectivity index (χ3v) is 3.27. The molecule has 0 aliphatic heterocycles. The maximum atomic E-state index is 12.2. The molecule has 3 heteroatoms. The normalized spacial score (nSPS) is 18.4. The molecule has 0 aliphatic rings. The molecule has 0 radical (unpaired) electrons. The molecule has 0 heterocycles. The van der Waals surface area contributed by atoms with Gasteiger partial charge in [0.2, 0.25) is 0 Å². The van der Waals surface area contributed by atoms with Gasteiger partial charge in [-0.05, 0) is 31.1 Å². The molecule has 0 bridgehead atoms. The van der Waals surface area contributed by atoms with Crippen molar-refractivity contribution in [3.8, 4) is 0 Å². The van der Waals surface area contributed by atoms with Gasteiger partial charge >= 0.3 is 5.97 Å². The van der Waals surface area contributed by atoms with E-state index in [1.165, 1.54) is 6.92 Å². The summed E-state index contributed by atoms with van der Waals surface area (Å²) in [5.41, 5.74) is -0.797. The first-order chi connectivity index (χ1) is 7.29. The fraction of sp³-hybridized carbons (Fsp3) is 0.929. The van der Waals surface area contributed by atoms with Gasteiger partial charge in [-0.15, -0.1) is 0 Å². The molecule has 0 saturated carbocycles. The van der Waals surface area contributed by atoms with Crippen molar-refractivity contribution in [2.24, 2.45) is 16.2 Å². The van der Waals surface area contributed by atoms with Crippen LogP contribution in [-0.2, 0) is 9.53 Å². The Morgan fingerprint density at radius 3 is 1.76 bits per heavy atom. The lowest BCUT2D eigenvalue weighted by atomic mass is 9.61. The average molecular weight is 244 g/mol. The Bertz CT molecular complexity index is 268. The van der Waals surface area contributed by atoms with Crippen molar-refractivity contribution in [3.05, 3.63) is 0 Å². The Labute approximate surface area is 106 Å². The number of rotatable bonds is 3. The van der Waals surface area contributed by atoms with Gasteiger partial charge in [0.25, 0.3) is 0 Å². The van der Waals surface area contributed by atoms with Gasteiger partial charge in [0, 0.05) is 0 Å². The lowest BCUT2D eigenvalue weighted by Gasteiger charge is -2.43. The van der Waals surface area contributed by atoms with Crippen LogP contribution in [0.5, 0.6) is 0 Å². The minimum absolute atomic E-state index is 0.0275.